The Bertz CT molecular complexity index is 719. The molecule has 1 amide bonds. The van der Waals surface area contributed by atoms with Gasteiger partial charge in [-0.15, -0.1) is 0 Å². The summed E-state index contributed by atoms with van der Waals surface area (Å²) in [5, 5.41) is 6.14. The van der Waals surface area contributed by atoms with Crippen LogP contribution < -0.4 is 24.8 Å². The number of amides is 1. The largest absolute Gasteiger partial charge is 0.495 e. The molecule has 26 heavy (non-hydrogen) atoms. The van der Waals surface area contributed by atoms with Gasteiger partial charge in [0.25, 0.3) is 0 Å². The number of carbonyl (C=O) groups is 1. The molecule has 0 aliphatic rings. The molecule has 0 fully saturated rings. The zero-order chi connectivity index (χ0) is 18.8. The first kappa shape index (κ1) is 19.4. The van der Waals surface area contributed by atoms with Crippen LogP contribution in [0.4, 0.5) is 5.69 Å². The zero-order valence-corrected chi connectivity index (χ0v) is 15.5. The number of carbonyl (C=O) groups excluding carboxylic acids is 1. The Morgan fingerprint density at radius 2 is 1.62 bits per heavy atom. The van der Waals surface area contributed by atoms with Crippen LogP contribution >= 0.6 is 0 Å². The lowest BCUT2D eigenvalue weighted by Crippen LogP contribution is -2.27. The molecule has 0 saturated carbocycles. The predicted molar refractivity (Wildman–Crippen MR) is 102 cm³/mol. The minimum absolute atomic E-state index is 0.00729. The second-order valence-corrected chi connectivity index (χ2v) is 5.67. The third-order valence-corrected chi connectivity index (χ3v) is 3.96. The van der Waals surface area contributed by atoms with Crippen LogP contribution in [-0.4, -0.2) is 40.3 Å². The van der Waals surface area contributed by atoms with Crippen molar-refractivity contribution in [3.8, 4) is 17.2 Å². The van der Waals surface area contributed by atoms with Gasteiger partial charge in [-0.3, -0.25) is 4.79 Å². The van der Waals surface area contributed by atoms with E-state index in [9.17, 15) is 4.79 Å². The van der Waals surface area contributed by atoms with Crippen molar-refractivity contribution in [1.29, 1.82) is 0 Å². The molecule has 6 nitrogen and oxygen atoms in total. The summed E-state index contributed by atoms with van der Waals surface area (Å²) in [6.07, 6.45) is 1.12. The SMILES string of the molecule is COc1ccccc1NCCC(=O)NCCc1ccc(OC)c(OC)c1. The molecule has 0 heterocycles. The fraction of sp³-hybridized carbons (Fsp3) is 0.350. The number of nitrogens with one attached hydrogen (secondary N) is 2. The topological polar surface area (TPSA) is 68.8 Å². The van der Waals surface area contributed by atoms with E-state index in [2.05, 4.69) is 10.6 Å². The van der Waals surface area contributed by atoms with E-state index in [4.69, 9.17) is 14.2 Å². The maximum absolute atomic E-state index is 12.0. The van der Waals surface area contributed by atoms with Crippen LogP contribution in [0.2, 0.25) is 0 Å². The third-order valence-electron chi connectivity index (χ3n) is 3.96. The highest BCUT2D eigenvalue weighted by atomic mass is 16.5. The summed E-state index contributed by atoms with van der Waals surface area (Å²) in [6.45, 7) is 1.12. The van der Waals surface area contributed by atoms with E-state index in [0.29, 0.717) is 31.0 Å². The Balaban J connectivity index is 1.72. The van der Waals surface area contributed by atoms with Gasteiger partial charge in [0.2, 0.25) is 5.91 Å². The molecule has 0 bridgehead atoms. The van der Waals surface area contributed by atoms with Crippen molar-refractivity contribution in [2.75, 3.05) is 39.7 Å². The number of rotatable bonds is 10. The molecule has 2 N–H and O–H groups in total. The first-order valence-electron chi connectivity index (χ1n) is 8.52. The van der Waals surface area contributed by atoms with E-state index in [0.717, 1.165) is 23.4 Å². The molecule has 0 aliphatic carbocycles. The highest BCUT2D eigenvalue weighted by molar-refractivity contribution is 5.76. The van der Waals surface area contributed by atoms with E-state index in [-0.39, 0.29) is 5.91 Å². The van der Waals surface area contributed by atoms with Crippen molar-refractivity contribution in [1.82, 2.24) is 5.32 Å². The Morgan fingerprint density at radius 3 is 2.35 bits per heavy atom. The fourth-order valence-corrected chi connectivity index (χ4v) is 2.57. The second-order valence-electron chi connectivity index (χ2n) is 5.67. The zero-order valence-electron chi connectivity index (χ0n) is 15.5. The highest BCUT2D eigenvalue weighted by Crippen LogP contribution is 2.27. The van der Waals surface area contributed by atoms with Gasteiger partial charge in [-0.25, -0.2) is 0 Å². The molecule has 0 aliphatic heterocycles. The van der Waals surface area contributed by atoms with E-state index in [1.165, 1.54) is 0 Å². The summed E-state index contributed by atoms with van der Waals surface area (Å²) in [4.78, 5) is 12.0. The monoisotopic (exact) mass is 358 g/mol. The summed E-state index contributed by atoms with van der Waals surface area (Å²) in [6, 6.07) is 13.4. The normalized spacial score (nSPS) is 10.1. The molecule has 140 valence electrons. The third kappa shape index (κ3) is 5.58. The molecule has 2 aromatic carbocycles. The molecular formula is C20H26N2O4. The molecule has 0 atom stereocenters. The molecule has 0 unspecified atom stereocenters. The van der Waals surface area contributed by atoms with Crippen molar-refractivity contribution in [2.45, 2.75) is 12.8 Å². The highest BCUT2D eigenvalue weighted by Gasteiger charge is 2.06. The van der Waals surface area contributed by atoms with E-state index in [1.54, 1.807) is 21.3 Å². The van der Waals surface area contributed by atoms with Crippen LogP contribution in [0.1, 0.15) is 12.0 Å². The summed E-state index contributed by atoms with van der Waals surface area (Å²) in [7, 11) is 4.84. The van der Waals surface area contributed by atoms with Crippen molar-refractivity contribution < 1.29 is 19.0 Å². The fourth-order valence-electron chi connectivity index (χ4n) is 2.57. The molecule has 2 rings (SSSR count). The molecule has 0 radical (unpaired) electrons. The summed E-state index contributed by atoms with van der Waals surface area (Å²) < 4.78 is 15.8. The van der Waals surface area contributed by atoms with E-state index < -0.39 is 0 Å². The number of methoxy groups -OCH3 is 3. The number of para-hydroxylation sites is 2. The van der Waals surface area contributed by atoms with Gasteiger partial charge in [0.15, 0.2) is 11.5 Å². The first-order chi connectivity index (χ1) is 12.7. The summed E-state index contributed by atoms with van der Waals surface area (Å²) >= 11 is 0. The number of ether oxygens (including phenoxy) is 3. The van der Waals surface area contributed by atoms with Gasteiger partial charge in [0.1, 0.15) is 5.75 Å². The average Bonchev–Trinajstić information content (AvgIpc) is 2.68. The maximum atomic E-state index is 12.0. The Kier molecular flexibility index (Phi) is 7.61. The van der Waals surface area contributed by atoms with Crippen LogP contribution in [0, 0.1) is 0 Å². The average molecular weight is 358 g/mol. The van der Waals surface area contributed by atoms with Gasteiger partial charge in [0, 0.05) is 19.5 Å². The van der Waals surface area contributed by atoms with Gasteiger partial charge in [-0.1, -0.05) is 18.2 Å². The second kappa shape index (κ2) is 10.2. The lowest BCUT2D eigenvalue weighted by molar-refractivity contribution is -0.120. The lowest BCUT2D eigenvalue weighted by Gasteiger charge is -2.11. The van der Waals surface area contributed by atoms with E-state index >= 15 is 0 Å². The minimum Gasteiger partial charge on any atom is -0.495 e. The maximum Gasteiger partial charge on any atom is 0.221 e. The van der Waals surface area contributed by atoms with Gasteiger partial charge < -0.3 is 24.8 Å². The first-order valence-corrected chi connectivity index (χ1v) is 8.52. The van der Waals surface area contributed by atoms with E-state index in [1.807, 2.05) is 42.5 Å². The van der Waals surface area contributed by atoms with Crippen LogP contribution in [-0.2, 0) is 11.2 Å². The van der Waals surface area contributed by atoms with Crippen LogP contribution in [0.25, 0.3) is 0 Å². The minimum atomic E-state index is 0.00729. The van der Waals surface area contributed by atoms with Crippen molar-refractivity contribution >= 4 is 11.6 Å². The van der Waals surface area contributed by atoms with Crippen molar-refractivity contribution in [3.05, 3.63) is 48.0 Å². The molecule has 6 heteroatoms. The van der Waals surface area contributed by atoms with Crippen molar-refractivity contribution in [3.63, 3.8) is 0 Å². The number of anilines is 1. The Labute approximate surface area is 154 Å². The number of hydrogen-bond acceptors (Lipinski definition) is 5. The standard InChI is InChI=1S/C20H26N2O4/c1-24-17-7-5-4-6-16(17)21-13-11-20(23)22-12-10-15-8-9-18(25-2)19(14-15)26-3/h4-9,14,21H,10-13H2,1-3H3,(H,22,23). The van der Waals surface area contributed by atoms with Crippen molar-refractivity contribution in [2.24, 2.45) is 0 Å². The predicted octanol–water partition coefficient (Wildman–Crippen LogP) is 2.87. The van der Waals surface area contributed by atoms with Gasteiger partial charge in [-0.05, 0) is 36.2 Å². The lowest BCUT2D eigenvalue weighted by atomic mass is 10.1. The molecular weight excluding hydrogens is 332 g/mol. The van der Waals surface area contributed by atoms with Gasteiger partial charge in [-0.2, -0.15) is 0 Å². The number of benzene rings is 2. The molecule has 0 saturated heterocycles. The molecule has 0 aromatic heterocycles. The number of hydrogen-bond donors (Lipinski definition) is 2. The van der Waals surface area contributed by atoms with Crippen LogP contribution in [0.15, 0.2) is 42.5 Å². The molecule has 2 aromatic rings. The van der Waals surface area contributed by atoms with Gasteiger partial charge >= 0.3 is 0 Å². The van der Waals surface area contributed by atoms with Crippen LogP contribution in [0.3, 0.4) is 0 Å². The molecule has 0 spiro atoms. The summed E-state index contributed by atoms with van der Waals surface area (Å²) in [5.41, 5.74) is 1.96. The van der Waals surface area contributed by atoms with Crippen LogP contribution in [0.5, 0.6) is 17.2 Å². The van der Waals surface area contributed by atoms with Gasteiger partial charge in [0.05, 0.1) is 27.0 Å². The smallest absolute Gasteiger partial charge is 0.221 e. The quantitative estimate of drug-likeness (QED) is 0.683. The Morgan fingerprint density at radius 1 is 0.885 bits per heavy atom. The Hall–Kier alpha value is -2.89. The summed E-state index contributed by atoms with van der Waals surface area (Å²) in [5.74, 6) is 2.16.